The standard InChI is InChI=1S/C2H5N3O2.H4N2/c1-5(4-7)2(3)6;1-2/h1H3,(H2,3,6);1-2H2. The Bertz CT molecular complexity index is 93.0. The van der Waals surface area contributed by atoms with E-state index in [1.807, 2.05) is 0 Å². The minimum Gasteiger partial charge on any atom is -0.350 e. The van der Waals surface area contributed by atoms with Gasteiger partial charge < -0.3 is 5.73 Å². The Labute approximate surface area is 51.7 Å². The number of urea groups is 1. The van der Waals surface area contributed by atoms with Crippen LogP contribution < -0.4 is 17.4 Å². The lowest BCUT2D eigenvalue weighted by Gasteiger charge is -1.97. The molecule has 0 aliphatic heterocycles. The zero-order chi connectivity index (χ0) is 7.86. The van der Waals surface area contributed by atoms with E-state index in [-0.39, 0.29) is 0 Å². The molecule has 0 aliphatic carbocycles. The summed E-state index contributed by atoms with van der Waals surface area (Å²) in [6.45, 7) is 0. The third-order valence-electron chi connectivity index (χ3n) is 0.441. The zero-order valence-corrected chi connectivity index (χ0v) is 4.94. The third kappa shape index (κ3) is 6.79. The van der Waals surface area contributed by atoms with Gasteiger partial charge in [0.1, 0.15) is 0 Å². The van der Waals surface area contributed by atoms with Crippen LogP contribution in [0, 0.1) is 4.91 Å². The highest BCUT2D eigenvalue weighted by atomic mass is 16.3. The summed E-state index contributed by atoms with van der Waals surface area (Å²) in [5.41, 5.74) is 4.54. The van der Waals surface area contributed by atoms with Crippen LogP contribution in [0.2, 0.25) is 0 Å². The molecule has 2 amide bonds. The maximum absolute atomic E-state index is 9.78. The molecule has 0 aromatic carbocycles. The molecule has 0 aromatic heterocycles. The van der Waals surface area contributed by atoms with Gasteiger partial charge in [-0.2, -0.15) is 5.01 Å². The molecule has 54 valence electrons. The summed E-state index contributed by atoms with van der Waals surface area (Å²) in [6, 6.07) is -0.852. The van der Waals surface area contributed by atoms with Crippen LogP contribution in [0.1, 0.15) is 0 Å². The Hall–Kier alpha value is -1.21. The second-order valence-corrected chi connectivity index (χ2v) is 0.943. The highest BCUT2D eigenvalue weighted by molar-refractivity contribution is 5.71. The number of hydrazine groups is 1. The van der Waals surface area contributed by atoms with Crippen molar-refractivity contribution in [1.82, 2.24) is 5.01 Å². The summed E-state index contributed by atoms with van der Waals surface area (Å²) >= 11 is 0. The molecule has 0 unspecified atom stereocenters. The monoisotopic (exact) mass is 135 g/mol. The first kappa shape index (κ1) is 10.7. The van der Waals surface area contributed by atoms with E-state index in [2.05, 4.69) is 22.7 Å². The van der Waals surface area contributed by atoms with Crippen LogP contribution in [-0.4, -0.2) is 18.1 Å². The van der Waals surface area contributed by atoms with Gasteiger partial charge >= 0.3 is 6.03 Å². The predicted molar refractivity (Wildman–Crippen MR) is 31.5 cm³/mol. The van der Waals surface area contributed by atoms with Gasteiger partial charge in [-0.1, -0.05) is 0 Å². The zero-order valence-electron chi connectivity index (χ0n) is 4.94. The van der Waals surface area contributed by atoms with Gasteiger partial charge in [0, 0.05) is 7.05 Å². The van der Waals surface area contributed by atoms with E-state index >= 15 is 0 Å². The number of nitrogens with zero attached hydrogens (tertiary/aromatic N) is 2. The third-order valence-corrected chi connectivity index (χ3v) is 0.441. The Kier molecular flexibility index (Phi) is 8.08. The highest BCUT2D eigenvalue weighted by Crippen LogP contribution is 1.76. The second kappa shape index (κ2) is 6.79. The van der Waals surface area contributed by atoms with Gasteiger partial charge in [0.05, 0.1) is 5.29 Å². The Morgan fingerprint density at radius 3 is 1.89 bits per heavy atom. The molecule has 0 atom stereocenters. The number of carbonyl (C=O) groups is 1. The molecule has 0 radical (unpaired) electrons. The minimum atomic E-state index is -0.852. The van der Waals surface area contributed by atoms with Gasteiger partial charge in [-0.15, -0.1) is 4.91 Å². The lowest BCUT2D eigenvalue weighted by atomic mass is 11.0. The number of hydrogen-bond donors (Lipinski definition) is 3. The van der Waals surface area contributed by atoms with E-state index in [0.29, 0.717) is 5.01 Å². The van der Waals surface area contributed by atoms with E-state index in [0.717, 1.165) is 0 Å². The summed E-state index contributed by atoms with van der Waals surface area (Å²) in [4.78, 5) is 19.1. The largest absolute Gasteiger partial charge is 0.350 e. The van der Waals surface area contributed by atoms with Gasteiger partial charge in [0.15, 0.2) is 0 Å². The van der Waals surface area contributed by atoms with Crippen LogP contribution in [0.15, 0.2) is 5.29 Å². The topological polar surface area (TPSA) is 128 Å². The van der Waals surface area contributed by atoms with Gasteiger partial charge in [-0.3, -0.25) is 11.7 Å². The molecule has 6 N–H and O–H groups in total. The van der Waals surface area contributed by atoms with Crippen molar-refractivity contribution in [3.63, 3.8) is 0 Å². The maximum Gasteiger partial charge on any atom is 0.337 e. The molecule has 0 bridgehead atoms. The van der Waals surface area contributed by atoms with Gasteiger partial charge in [-0.05, 0) is 0 Å². The van der Waals surface area contributed by atoms with Crippen LogP contribution in [0.3, 0.4) is 0 Å². The molecule has 0 saturated carbocycles. The van der Waals surface area contributed by atoms with E-state index in [4.69, 9.17) is 0 Å². The number of primary amides is 1. The lowest BCUT2D eigenvalue weighted by molar-refractivity contribution is 0.220. The van der Waals surface area contributed by atoms with Gasteiger partial charge in [0.25, 0.3) is 0 Å². The number of nitrogens with two attached hydrogens (primary N) is 3. The normalized spacial score (nSPS) is 6.56. The van der Waals surface area contributed by atoms with Crippen molar-refractivity contribution in [2.75, 3.05) is 7.05 Å². The fourth-order valence-electron chi connectivity index (χ4n) is 0.0402. The van der Waals surface area contributed by atoms with E-state index in [1.54, 1.807) is 0 Å². The van der Waals surface area contributed by atoms with Crippen LogP contribution >= 0.6 is 0 Å². The average molecular weight is 135 g/mol. The molecule has 0 saturated heterocycles. The molecular weight excluding hydrogens is 126 g/mol. The molecular formula is C2H9N5O2. The van der Waals surface area contributed by atoms with Crippen LogP contribution in [0.25, 0.3) is 0 Å². The molecule has 0 fully saturated rings. The quantitative estimate of drug-likeness (QED) is 0.229. The van der Waals surface area contributed by atoms with Crippen molar-refractivity contribution in [3.05, 3.63) is 4.91 Å². The average Bonchev–Trinajstić information content (AvgIpc) is 1.91. The summed E-state index contributed by atoms with van der Waals surface area (Å²) in [5, 5.41) is 2.70. The van der Waals surface area contributed by atoms with Crippen molar-refractivity contribution in [2.24, 2.45) is 22.7 Å². The fraction of sp³-hybridized carbons (Fsp3) is 0.500. The summed E-state index contributed by atoms with van der Waals surface area (Å²) in [6.07, 6.45) is 0. The van der Waals surface area contributed by atoms with E-state index in [1.165, 1.54) is 7.05 Å². The smallest absolute Gasteiger partial charge is 0.337 e. The summed E-state index contributed by atoms with van der Waals surface area (Å²) in [7, 11) is 1.18. The first-order chi connectivity index (χ1) is 4.18. The second-order valence-electron chi connectivity index (χ2n) is 0.943. The van der Waals surface area contributed by atoms with Crippen molar-refractivity contribution >= 4 is 6.03 Å². The Morgan fingerprint density at radius 1 is 1.56 bits per heavy atom. The SMILES string of the molecule is CN(N=O)C(N)=O.NN. The van der Waals surface area contributed by atoms with Crippen LogP contribution in [-0.2, 0) is 0 Å². The Balaban J connectivity index is 0. The number of rotatable bonds is 1. The summed E-state index contributed by atoms with van der Waals surface area (Å²) in [5.74, 6) is 8.00. The molecule has 0 heterocycles. The molecule has 7 heteroatoms. The van der Waals surface area contributed by atoms with Gasteiger partial charge in [-0.25, -0.2) is 4.79 Å². The number of carbonyl (C=O) groups excluding carboxylic acids is 1. The van der Waals surface area contributed by atoms with Crippen molar-refractivity contribution < 1.29 is 4.79 Å². The van der Waals surface area contributed by atoms with E-state index in [9.17, 15) is 9.70 Å². The summed E-state index contributed by atoms with van der Waals surface area (Å²) < 4.78 is 0. The highest BCUT2D eigenvalue weighted by Gasteiger charge is 1.97. The van der Waals surface area contributed by atoms with Crippen LogP contribution in [0.4, 0.5) is 4.79 Å². The van der Waals surface area contributed by atoms with Crippen molar-refractivity contribution in [3.8, 4) is 0 Å². The molecule has 7 nitrogen and oxygen atoms in total. The molecule has 0 aliphatic rings. The molecule has 0 aromatic rings. The van der Waals surface area contributed by atoms with Crippen molar-refractivity contribution in [2.45, 2.75) is 0 Å². The minimum absolute atomic E-state index is 0.500. The predicted octanol–water partition coefficient (Wildman–Crippen LogP) is -1.50. The Morgan fingerprint density at radius 2 is 1.89 bits per heavy atom. The lowest BCUT2D eigenvalue weighted by Crippen LogP contribution is -2.26. The number of nitroso groups, excluding NO2 is 1. The van der Waals surface area contributed by atoms with Gasteiger partial charge in [0.2, 0.25) is 0 Å². The maximum atomic E-state index is 9.78. The number of hydrogen-bond acceptors (Lipinski definition) is 5. The first-order valence-electron chi connectivity index (χ1n) is 1.88. The molecule has 9 heavy (non-hydrogen) atoms. The van der Waals surface area contributed by atoms with Crippen molar-refractivity contribution in [1.29, 1.82) is 0 Å². The van der Waals surface area contributed by atoms with E-state index < -0.39 is 6.03 Å². The first-order valence-corrected chi connectivity index (χ1v) is 1.88. The molecule has 0 rings (SSSR count). The number of amides is 2. The van der Waals surface area contributed by atoms with Crippen LogP contribution in [0.5, 0.6) is 0 Å². The molecule has 0 spiro atoms. The fourth-order valence-corrected chi connectivity index (χ4v) is 0.0402.